The van der Waals surface area contributed by atoms with Gasteiger partial charge in [0.1, 0.15) is 0 Å². The van der Waals surface area contributed by atoms with E-state index in [1.54, 1.807) is 23.9 Å². The van der Waals surface area contributed by atoms with Gasteiger partial charge < -0.3 is 20.0 Å². The number of hydrogen-bond acceptors (Lipinski definition) is 2. The summed E-state index contributed by atoms with van der Waals surface area (Å²) in [6, 6.07) is 0.491. The van der Waals surface area contributed by atoms with Gasteiger partial charge >= 0.3 is 12.1 Å². The van der Waals surface area contributed by atoms with Crippen molar-refractivity contribution < 1.29 is 9.59 Å². The predicted octanol–water partition coefficient (Wildman–Crippen LogP) is 1.18. The first kappa shape index (κ1) is 14.5. The molecule has 2 saturated carbocycles. The summed E-state index contributed by atoms with van der Waals surface area (Å²) >= 11 is 0. The molecule has 3 aliphatic rings. The highest BCUT2D eigenvalue weighted by atomic mass is 16.2. The van der Waals surface area contributed by atoms with Gasteiger partial charge in [-0.3, -0.25) is 0 Å². The summed E-state index contributed by atoms with van der Waals surface area (Å²) in [6.45, 7) is 2.51. The van der Waals surface area contributed by atoms with Crippen LogP contribution in [0.5, 0.6) is 0 Å². The first-order valence-corrected chi connectivity index (χ1v) is 8.08. The maximum atomic E-state index is 12.2. The molecule has 118 valence electrons. The van der Waals surface area contributed by atoms with Crippen LogP contribution in [0.2, 0.25) is 0 Å². The van der Waals surface area contributed by atoms with Crippen LogP contribution in [0.3, 0.4) is 0 Å². The van der Waals surface area contributed by atoms with Gasteiger partial charge in [-0.1, -0.05) is 19.3 Å². The van der Waals surface area contributed by atoms with Crippen LogP contribution in [-0.2, 0) is 0 Å². The molecular formula is C15H26N4O2. The van der Waals surface area contributed by atoms with Crippen molar-refractivity contribution in [2.24, 2.45) is 11.8 Å². The Kier molecular flexibility index (Phi) is 3.95. The Hall–Kier alpha value is -1.46. The van der Waals surface area contributed by atoms with Crippen molar-refractivity contribution in [2.45, 2.75) is 31.7 Å². The fourth-order valence-corrected chi connectivity index (χ4v) is 3.40. The van der Waals surface area contributed by atoms with E-state index in [9.17, 15) is 9.59 Å². The molecule has 2 atom stereocenters. The van der Waals surface area contributed by atoms with Crippen molar-refractivity contribution in [1.82, 2.24) is 20.0 Å². The van der Waals surface area contributed by atoms with E-state index in [1.165, 1.54) is 19.3 Å². The Morgan fingerprint density at radius 3 is 2.19 bits per heavy atom. The Morgan fingerprint density at radius 2 is 1.67 bits per heavy atom. The van der Waals surface area contributed by atoms with Gasteiger partial charge in [-0.2, -0.15) is 0 Å². The molecule has 0 bridgehead atoms. The molecule has 2 aliphatic carbocycles. The Labute approximate surface area is 126 Å². The summed E-state index contributed by atoms with van der Waals surface area (Å²) in [6.07, 6.45) is 5.23. The minimum atomic E-state index is 0.0299. The second-order valence-electron chi connectivity index (χ2n) is 6.80. The van der Waals surface area contributed by atoms with Crippen molar-refractivity contribution in [2.75, 3.05) is 40.3 Å². The maximum absolute atomic E-state index is 12.2. The smallest absolute Gasteiger partial charge is 0.319 e. The number of amides is 4. The van der Waals surface area contributed by atoms with Crippen molar-refractivity contribution >= 4 is 12.1 Å². The Morgan fingerprint density at radius 1 is 1.05 bits per heavy atom. The van der Waals surface area contributed by atoms with Crippen LogP contribution in [0.25, 0.3) is 0 Å². The molecule has 0 unspecified atom stereocenters. The highest BCUT2D eigenvalue weighted by Gasteiger charge is 2.46. The van der Waals surface area contributed by atoms with E-state index in [0.29, 0.717) is 32.2 Å². The fourth-order valence-electron chi connectivity index (χ4n) is 3.40. The van der Waals surface area contributed by atoms with E-state index in [-0.39, 0.29) is 12.1 Å². The zero-order valence-electron chi connectivity index (χ0n) is 13.0. The molecule has 0 aromatic carbocycles. The summed E-state index contributed by atoms with van der Waals surface area (Å²) in [5, 5.41) is 3.16. The van der Waals surface area contributed by atoms with E-state index in [0.717, 1.165) is 18.3 Å². The highest BCUT2D eigenvalue weighted by Crippen LogP contribution is 2.47. The van der Waals surface area contributed by atoms with Gasteiger partial charge in [0.25, 0.3) is 0 Å². The standard InChI is InChI=1S/C15H26N4O2/c1-17(2)15(21)19-8-6-18(7-9-19)14(20)16-13-10-12(13)11-4-3-5-11/h11-13H,3-10H2,1-2H3,(H,16,20)/t12-,13+/m0/s1. The fraction of sp³-hybridized carbons (Fsp3) is 0.867. The number of hydrogen-bond donors (Lipinski definition) is 1. The number of nitrogens with one attached hydrogen (secondary N) is 1. The SMILES string of the molecule is CN(C)C(=O)N1CCN(C(=O)N[C@@H]2C[C@H]2C2CCC2)CC1. The van der Waals surface area contributed by atoms with Gasteiger partial charge in [0.05, 0.1) is 0 Å². The first-order valence-electron chi connectivity index (χ1n) is 8.08. The second-order valence-corrected chi connectivity index (χ2v) is 6.80. The predicted molar refractivity (Wildman–Crippen MR) is 80.0 cm³/mol. The quantitative estimate of drug-likeness (QED) is 0.831. The van der Waals surface area contributed by atoms with E-state index in [4.69, 9.17) is 0 Å². The summed E-state index contributed by atoms with van der Waals surface area (Å²) in [5.41, 5.74) is 0. The van der Waals surface area contributed by atoms with Gasteiger partial charge in [-0.25, -0.2) is 9.59 Å². The van der Waals surface area contributed by atoms with Crippen LogP contribution in [0.1, 0.15) is 25.7 Å². The van der Waals surface area contributed by atoms with Crippen molar-refractivity contribution in [3.05, 3.63) is 0 Å². The van der Waals surface area contributed by atoms with Crippen LogP contribution in [0.15, 0.2) is 0 Å². The molecule has 1 saturated heterocycles. The molecule has 0 spiro atoms. The molecule has 0 aromatic rings. The van der Waals surface area contributed by atoms with E-state index < -0.39 is 0 Å². The number of carbonyl (C=O) groups is 2. The molecular weight excluding hydrogens is 268 g/mol. The van der Waals surface area contributed by atoms with Crippen LogP contribution in [0, 0.1) is 11.8 Å². The summed E-state index contributed by atoms with van der Waals surface area (Å²) in [4.78, 5) is 29.3. The van der Waals surface area contributed by atoms with E-state index in [2.05, 4.69) is 5.32 Å². The third-order valence-electron chi connectivity index (χ3n) is 5.12. The normalized spacial score (nSPS) is 28.9. The summed E-state index contributed by atoms with van der Waals surface area (Å²) in [7, 11) is 3.52. The average molecular weight is 294 g/mol. The molecule has 3 rings (SSSR count). The largest absolute Gasteiger partial charge is 0.335 e. The third kappa shape index (κ3) is 3.09. The van der Waals surface area contributed by atoms with Gasteiger partial charge in [0, 0.05) is 46.3 Å². The summed E-state index contributed by atoms with van der Waals surface area (Å²) in [5.74, 6) is 1.60. The Balaban J connectivity index is 1.40. The van der Waals surface area contributed by atoms with Gasteiger partial charge in [-0.05, 0) is 18.3 Å². The van der Waals surface area contributed by atoms with Crippen LogP contribution >= 0.6 is 0 Å². The minimum absolute atomic E-state index is 0.0299. The monoisotopic (exact) mass is 294 g/mol. The zero-order chi connectivity index (χ0) is 15.0. The molecule has 1 heterocycles. The lowest BCUT2D eigenvalue weighted by Gasteiger charge is -2.36. The zero-order valence-corrected chi connectivity index (χ0v) is 13.0. The number of piperazine rings is 1. The van der Waals surface area contributed by atoms with Crippen LogP contribution in [-0.4, -0.2) is 73.1 Å². The number of carbonyl (C=O) groups excluding carboxylic acids is 2. The van der Waals surface area contributed by atoms with Crippen LogP contribution < -0.4 is 5.32 Å². The van der Waals surface area contributed by atoms with E-state index >= 15 is 0 Å². The van der Waals surface area contributed by atoms with Crippen molar-refractivity contribution in [3.63, 3.8) is 0 Å². The molecule has 6 heteroatoms. The second kappa shape index (κ2) is 5.73. The molecule has 0 radical (unpaired) electrons. The first-order chi connectivity index (χ1) is 10.1. The Bertz CT molecular complexity index is 414. The lowest BCUT2D eigenvalue weighted by Crippen LogP contribution is -2.55. The van der Waals surface area contributed by atoms with Crippen molar-refractivity contribution in [1.29, 1.82) is 0 Å². The third-order valence-corrected chi connectivity index (χ3v) is 5.12. The maximum Gasteiger partial charge on any atom is 0.319 e. The number of nitrogens with zero attached hydrogens (tertiary/aromatic N) is 3. The number of rotatable bonds is 2. The van der Waals surface area contributed by atoms with Crippen LogP contribution in [0.4, 0.5) is 9.59 Å². The average Bonchev–Trinajstić information content (AvgIpc) is 3.14. The topological polar surface area (TPSA) is 55.9 Å². The number of urea groups is 2. The lowest BCUT2D eigenvalue weighted by molar-refractivity contribution is 0.128. The molecule has 3 fully saturated rings. The molecule has 1 N–H and O–H groups in total. The molecule has 6 nitrogen and oxygen atoms in total. The molecule has 21 heavy (non-hydrogen) atoms. The minimum Gasteiger partial charge on any atom is -0.335 e. The summed E-state index contributed by atoms with van der Waals surface area (Å²) < 4.78 is 0. The molecule has 4 amide bonds. The van der Waals surface area contributed by atoms with Gasteiger partial charge in [-0.15, -0.1) is 0 Å². The van der Waals surface area contributed by atoms with Crippen molar-refractivity contribution in [3.8, 4) is 0 Å². The van der Waals surface area contributed by atoms with Gasteiger partial charge in [0.15, 0.2) is 0 Å². The molecule has 1 aliphatic heterocycles. The molecule has 0 aromatic heterocycles. The lowest BCUT2D eigenvalue weighted by atomic mass is 9.81. The highest BCUT2D eigenvalue weighted by molar-refractivity contribution is 5.76. The van der Waals surface area contributed by atoms with Gasteiger partial charge in [0.2, 0.25) is 0 Å². The van der Waals surface area contributed by atoms with E-state index in [1.807, 2.05) is 4.90 Å².